The fourth-order valence-corrected chi connectivity index (χ4v) is 2.29. The van der Waals surface area contributed by atoms with Crippen molar-refractivity contribution in [2.24, 2.45) is 5.92 Å². The maximum atomic E-state index is 5.75. The Kier molecular flexibility index (Phi) is 3.85. The van der Waals surface area contributed by atoms with E-state index in [9.17, 15) is 0 Å². The zero-order chi connectivity index (χ0) is 11.6. The molecule has 0 bridgehead atoms. The molecular formula is C12H23NO3. The van der Waals surface area contributed by atoms with Crippen LogP contribution < -0.4 is 5.32 Å². The van der Waals surface area contributed by atoms with Crippen LogP contribution in [0.3, 0.4) is 0 Å². The zero-order valence-corrected chi connectivity index (χ0v) is 10.5. The highest BCUT2D eigenvalue weighted by molar-refractivity contribution is 4.79. The smallest absolute Gasteiger partial charge is 0.163 e. The van der Waals surface area contributed by atoms with Crippen LogP contribution in [-0.2, 0) is 14.2 Å². The molecule has 0 aromatic rings. The van der Waals surface area contributed by atoms with E-state index < -0.39 is 5.79 Å². The average molecular weight is 229 g/mol. The van der Waals surface area contributed by atoms with E-state index in [1.54, 1.807) is 0 Å². The average Bonchev–Trinajstić information content (AvgIpc) is 2.83. The molecular weight excluding hydrogens is 206 g/mol. The van der Waals surface area contributed by atoms with Gasteiger partial charge >= 0.3 is 0 Å². The van der Waals surface area contributed by atoms with Crippen LogP contribution in [0.1, 0.15) is 27.2 Å². The van der Waals surface area contributed by atoms with E-state index in [0.717, 1.165) is 19.8 Å². The van der Waals surface area contributed by atoms with Crippen LogP contribution in [0.5, 0.6) is 0 Å². The fraction of sp³-hybridized carbons (Fsp3) is 1.00. The standard InChI is InChI=1S/C12H23NO3/c1-9(10-4-5-14-7-10)13-6-11-8-15-12(2,3)16-11/h9-11,13H,4-8H2,1-3H3. The molecule has 2 heterocycles. The topological polar surface area (TPSA) is 39.7 Å². The second-order valence-corrected chi connectivity index (χ2v) is 5.27. The molecule has 0 radical (unpaired) electrons. The highest BCUT2D eigenvalue weighted by Crippen LogP contribution is 2.22. The highest BCUT2D eigenvalue weighted by atomic mass is 16.7. The minimum Gasteiger partial charge on any atom is -0.381 e. The Morgan fingerprint density at radius 2 is 2.19 bits per heavy atom. The van der Waals surface area contributed by atoms with Crippen molar-refractivity contribution >= 4 is 0 Å². The number of hydrogen-bond donors (Lipinski definition) is 1. The molecule has 2 rings (SSSR count). The van der Waals surface area contributed by atoms with Gasteiger partial charge in [-0.15, -0.1) is 0 Å². The van der Waals surface area contributed by atoms with Gasteiger partial charge in [-0.05, 0) is 33.1 Å². The first-order valence-electron chi connectivity index (χ1n) is 6.20. The van der Waals surface area contributed by atoms with Crippen molar-refractivity contribution in [2.45, 2.75) is 45.1 Å². The summed E-state index contributed by atoms with van der Waals surface area (Å²) < 4.78 is 16.7. The Morgan fingerprint density at radius 1 is 1.38 bits per heavy atom. The summed E-state index contributed by atoms with van der Waals surface area (Å²) in [6, 6.07) is 0.495. The molecule has 0 spiro atoms. The van der Waals surface area contributed by atoms with Crippen LogP contribution in [-0.4, -0.2) is 44.3 Å². The van der Waals surface area contributed by atoms with Crippen molar-refractivity contribution in [2.75, 3.05) is 26.4 Å². The molecule has 4 heteroatoms. The maximum absolute atomic E-state index is 5.75. The van der Waals surface area contributed by atoms with Crippen molar-refractivity contribution in [3.05, 3.63) is 0 Å². The quantitative estimate of drug-likeness (QED) is 0.785. The lowest BCUT2D eigenvalue weighted by atomic mass is 10.0. The van der Waals surface area contributed by atoms with Crippen LogP contribution in [0.2, 0.25) is 0 Å². The lowest BCUT2D eigenvalue weighted by Gasteiger charge is -2.22. The van der Waals surface area contributed by atoms with Crippen LogP contribution in [0.15, 0.2) is 0 Å². The number of nitrogens with one attached hydrogen (secondary N) is 1. The van der Waals surface area contributed by atoms with Gasteiger partial charge in [-0.2, -0.15) is 0 Å². The lowest BCUT2D eigenvalue weighted by Crippen LogP contribution is -2.40. The molecule has 3 unspecified atom stereocenters. The summed E-state index contributed by atoms with van der Waals surface area (Å²) in [6.07, 6.45) is 1.35. The molecule has 2 saturated heterocycles. The third-order valence-corrected chi connectivity index (χ3v) is 3.41. The van der Waals surface area contributed by atoms with Gasteiger partial charge in [0, 0.05) is 19.2 Å². The normalized spacial score (nSPS) is 35.4. The second kappa shape index (κ2) is 5.00. The molecule has 4 nitrogen and oxygen atoms in total. The third kappa shape index (κ3) is 3.17. The van der Waals surface area contributed by atoms with Crippen molar-refractivity contribution < 1.29 is 14.2 Å². The molecule has 0 aliphatic carbocycles. The predicted octanol–water partition coefficient (Wildman–Crippen LogP) is 1.15. The van der Waals surface area contributed by atoms with Crippen LogP contribution >= 0.6 is 0 Å². The molecule has 94 valence electrons. The van der Waals surface area contributed by atoms with Crippen molar-refractivity contribution in [1.82, 2.24) is 5.32 Å². The SMILES string of the molecule is CC(NCC1COC(C)(C)O1)C1CCOC1. The number of ether oxygens (including phenoxy) is 3. The molecule has 16 heavy (non-hydrogen) atoms. The van der Waals surface area contributed by atoms with Gasteiger partial charge in [-0.25, -0.2) is 0 Å². The molecule has 2 aliphatic heterocycles. The van der Waals surface area contributed by atoms with E-state index >= 15 is 0 Å². The van der Waals surface area contributed by atoms with E-state index in [1.165, 1.54) is 6.42 Å². The van der Waals surface area contributed by atoms with Gasteiger partial charge in [0.05, 0.1) is 19.3 Å². The maximum Gasteiger partial charge on any atom is 0.163 e. The van der Waals surface area contributed by atoms with E-state index in [0.29, 0.717) is 18.6 Å². The first kappa shape index (κ1) is 12.3. The predicted molar refractivity (Wildman–Crippen MR) is 61.3 cm³/mol. The Hall–Kier alpha value is -0.160. The molecule has 2 aliphatic rings. The van der Waals surface area contributed by atoms with Gasteiger partial charge in [0.1, 0.15) is 0 Å². The van der Waals surface area contributed by atoms with Gasteiger partial charge in [0.25, 0.3) is 0 Å². The number of hydrogen-bond acceptors (Lipinski definition) is 4. The summed E-state index contributed by atoms with van der Waals surface area (Å²) in [5, 5.41) is 3.52. The van der Waals surface area contributed by atoms with Gasteiger partial charge in [0.15, 0.2) is 5.79 Å². The first-order valence-corrected chi connectivity index (χ1v) is 6.20. The van der Waals surface area contributed by atoms with Crippen LogP contribution in [0.25, 0.3) is 0 Å². The molecule has 0 aromatic carbocycles. The largest absolute Gasteiger partial charge is 0.381 e. The minimum absolute atomic E-state index is 0.180. The summed E-state index contributed by atoms with van der Waals surface area (Å²) in [7, 11) is 0. The number of rotatable bonds is 4. The molecule has 2 fully saturated rings. The molecule has 0 amide bonds. The third-order valence-electron chi connectivity index (χ3n) is 3.41. The molecule has 0 aromatic heterocycles. The van der Waals surface area contributed by atoms with E-state index in [4.69, 9.17) is 14.2 Å². The monoisotopic (exact) mass is 229 g/mol. The zero-order valence-electron chi connectivity index (χ0n) is 10.5. The highest BCUT2D eigenvalue weighted by Gasteiger charge is 2.33. The lowest BCUT2D eigenvalue weighted by molar-refractivity contribution is -0.137. The van der Waals surface area contributed by atoms with Crippen molar-refractivity contribution in [3.8, 4) is 0 Å². The van der Waals surface area contributed by atoms with E-state index in [-0.39, 0.29) is 6.10 Å². The van der Waals surface area contributed by atoms with Crippen LogP contribution in [0, 0.1) is 5.92 Å². The fourth-order valence-electron chi connectivity index (χ4n) is 2.29. The van der Waals surface area contributed by atoms with Crippen LogP contribution in [0.4, 0.5) is 0 Å². The van der Waals surface area contributed by atoms with Crippen molar-refractivity contribution in [3.63, 3.8) is 0 Å². The van der Waals surface area contributed by atoms with Gasteiger partial charge < -0.3 is 19.5 Å². The molecule has 0 saturated carbocycles. The summed E-state index contributed by atoms with van der Waals surface area (Å²) in [4.78, 5) is 0. The molecule has 3 atom stereocenters. The second-order valence-electron chi connectivity index (χ2n) is 5.27. The van der Waals surface area contributed by atoms with E-state index in [2.05, 4.69) is 12.2 Å². The Morgan fingerprint density at radius 3 is 2.75 bits per heavy atom. The Bertz CT molecular complexity index is 224. The van der Waals surface area contributed by atoms with Gasteiger partial charge in [-0.3, -0.25) is 0 Å². The van der Waals surface area contributed by atoms with Gasteiger partial charge in [-0.1, -0.05) is 0 Å². The summed E-state index contributed by atoms with van der Waals surface area (Å²) in [5.41, 5.74) is 0. The Balaban J connectivity index is 1.67. The van der Waals surface area contributed by atoms with Gasteiger partial charge in [0.2, 0.25) is 0 Å². The summed E-state index contributed by atoms with van der Waals surface area (Å²) in [5.74, 6) is 0.238. The van der Waals surface area contributed by atoms with Crippen molar-refractivity contribution in [1.29, 1.82) is 0 Å². The first-order chi connectivity index (χ1) is 7.57. The van der Waals surface area contributed by atoms with E-state index in [1.807, 2.05) is 13.8 Å². The summed E-state index contributed by atoms with van der Waals surface area (Å²) in [6.45, 7) is 9.49. The summed E-state index contributed by atoms with van der Waals surface area (Å²) >= 11 is 0. The Labute approximate surface area is 97.6 Å². The minimum atomic E-state index is -0.411. The molecule has 1 N–H and O–H groups in total.